The zero-order chi connectivity index (χ0) is 24.2. The molecule has 33 heavy (non-hydrogen) atoms. The van der Waals surface area contributed by atoms with E-state index in [1.165, 1.54) is 48.5 Å². The predicted octanol–water partition coefficient (Wildman–Crippen LogP) is 4.88. The van der Waals surface area contributed by atoms with Gasteiger partial charge in [-0.3, -0.25) is 4.79 Å². The number of nitrogens with one attached hydrogen (secondary N) is 2. The summed E-state index contributed by atoms with van der Waals surface area (Å²) in [4.78, 5) is 12.6. The minimum Gasteiger partial charge on any atom is -0.322 e. The number of sulfonamides is 1. The highest BCUT2D eigenvalue weighted by Gasteiger charge is 2.40. The van der Waals surface area contributed by atoms with Gasteiger partial charge in [0.1, 0.15) is 0 Å². The number of carbonyl (C=O) groups is 1. The zero-order valence-electron chi connectivity index (χ0n) is 17.4. The Morgan fingerprint density at radius 2 is 1.85 bits per heavy atom. The molecule has 0 bridgehead atoms. The minimum atomic E-state index is -4.89. The highest BCUT2D eigenvalue weighted by Crippen LogP contribution is 2.34. The number of hydrogen-bond acceptors (Lipinski definition) is 4. The Balaban J connectivity index is 1.90. The molecule has 3 aromatic rings. The molecule has 12 heteroatoms. The molecule has 3 rings (SSSR count). The van der Waals surface area contributed by atoms with Crippen LogP contribution in [0.25, 0.3) is 5.69 Å². The molecule has 0 aliphatic rings. The Hall–Kier alpha value is -2.89. The van der Waals surface area contributed by atoms with Gasteiger partial charge in [-0.05, 0) is 48.9 Å². The third-order valence-corrected chi connectivity index (χ3v) is 6.29. The molecule has 0 atom stereocenters. The first-order chi connectivity index (χ1) is 15.5. The topological polar surface area (TPSA) is 93.1 Å². The molecule has 0 unspecified atom stereocenters. The first kappa shape index (κ1) is 24.7. The molecule has 1 heterocycles. The number of alkyl halides is 3. The number of carbonyl (C=O) groups excluding carboxylic acids is 1. The van der Waals surface area contributed by atoms with Gasteiger partial charge >= 0.3 is 6.18 Å². The van der Waals surface area contributed by atoms with Crippen molar-refractivity contribution in [3.63, 3.8) is 0 Å². The lowest BCUT2D eigenvalue weighted by Gasteiger charge is -2.13. The van der Waals surface area contributed by atoms with Gasteiger partial charge in [0.15, 0.2) is 5.69 Å². The van der Waals surface area contributed by atoms with E-state index in [0.29, 0.717) is 16.1 Å². The van der Waals surface area contributed by atoms with Crippen LogP contribution in [-0.4, -0.2) is 30.7 Å². The van der Waals surface area contributed by atoms with Gasteiger partial charge in [-0.1, -0.05) is 31.0 Å². The van der Waals surface area contributed by atoms with Gasteiger partial charge in [-0.25, -0.2) is 17.8 Å². The molecule has 0 radical (unpaired) electrons. The van der Waals surface area contributed by atoms with Crippen molar-refractivity contribution in [1.82, 2.24) is 14.5 Å². The summed E-state index contributed by atoms with van der Waals surface area (Å²) in [6, 6.07) is 10.7. The molecule has 0 aliphatic carbocycles. The summed E-state index contributed by atoms with van der Waals surface area (Å²) in [6.07, 6.45) is -2.64. The summed E-state index contributed by atoms with van der Waals surface area (Å²) in [7, 11) is -3.83. The van der Waals surface area contributed by atoms with Gasteiger partial charge in [-0.2, -0.15) is 18.3 Å². The van der Waals surface area contributed by atoms with Crippen molar-refractivity contribution in [2.75, 3.05) is 11.9 Å². The van der Waals surface area contributed by atoms with Crippen molar-refractivity contribution in [3.8, 4) is 5.69 Å². The molecule has 0 fully saturated rings. The number of amides is 1. The molecule has 0 spiro atoms. The maximum absolute atomic E-state index is 13.8. The molecule has 176 valence electrons. The summed E-state index contributed by atoms with van der Waals surface area (Å²) in [6.45, 7) is 2.16. The second-order valence-corrected chi connectivity index (χ2v) is 9.23. The molecule has 0 aliphatic heterocycles. The van der Waals surface area contributed by atoms with Crippen LogP contribution in [0, 0.1) is 0 Å². The monoisotopic (exact) mass is 500 g/mol. The van der Waals surface area contributed by atoms with Gasteiger partial charge in [0.05, 0.1) is 22.3 Å². The molecule has 7 nitrogen and oxygen atoms in total. The van der Waals surface area contributed by atoms with Crippen LogP contribution in [-0.2, 0) is 16.2 Å². The summed E-state index contributed by atoms with van der Waals surface area (Å²) < 4.78 is 69.3. The van der Waals surface area contributed by atoms with Crippen molar-refractivity contribution in [2.45, 2.75) is 30.8 Å². The standard InChI is InChI=1S/C21H20ClF3N4O3S/c1-2-3-11-27-33(31,32)17-6-4-5-15(12-17)28-20(30)18-13-26-29(19(18)21(23,24)25)16-9-7-14(22)8-10-16/h4-10,12-13,27H,2-3,11H2,1H3,(H,28,30). The van der Waals surface area contributed by atoms with Crippen LogP contribution in [0.3, 0.4) is 0 Å². The molecule has 0 saturated carbocycles. The fraction of sp³-hybridized carbons (Fsp3) is 0.238. The molecular weight excluding hydrogens is 481 g/mol. The smallest absolute Gasteiger partial charge is 0.322 e. The fourth-order valence-electron chi connectivity index (χ4n) is 2.97. The van der Waals surface area contributed by atoms with E-state index in [1.54, 1.807) is 0 Å². The van der Waals surface area contributed by atoms with Gasteiger partial charge in [0.2, 0.25) is 10.0 Å². The van der Waals surface area contributed by atoms with E-state index in [-0.39, 0.29) is 22.8 Å². The Morgan fingerprint density at radius 1 is 1.15 bits per heavy atom. The maximum atomic E-state index is 13.8. The predicted molar refractivity (Wildman–Crippen MR) is 118 cm³/mol. The first-order valence-electron chi connectivity index (χ1n) is 9.85. The average Bonchev–Trinajstić information content (AvgIpc) is 3.21. The van der Waals surface area contributed by atoms with Crippen LogP contribution in [0.1, 0.15) is 35.8 Å². The Kier molecular flexibility index (Phi) is 7.45. The number of halogens is 4. The van der Waals surface area contributed by atoms with Gasteiger partial charge in [0, 0.05) is 17.3 Å². The Labute approximate surface area is 193 Å². The Bertz CT molecular complexity index is 1240. The summed E-state index contributed by atoms with van der Waals surface area (Å²) in [5.74, 6) is -1.09. The van der Waals surface area contributed by atoms with Crippen LogP contribution >= 0.6 is 11.6 Å². The van der Waals surface area contributed by atoms with E-state index in [1.807, 2.05) is 6.92 Å². The largest absolute Gasteiger partial charge is 0.434 e. The lowest BCUT2D eigenvalue weighted by atomic mass is 10.2. The lowest BCUT2D eigenvalue weighted by Crippen LogP contribution is -2.25. The SMILES string of the molecule is CCCCNS(=O)(=O)c1cccc(NC(=O)c2cnn(-c3ccc(Cl)cc3)c2C(F)(F)F)c1. The summed E-state index contributed by atoms with van der Waals surface area (Å²) >= 11 is 5.79. The van der Waals surface area contributed by atoms with E-state index < -0.39 is 33.4 Å². The van der Waals surface area contributed by atoms with Gasteiger partial charge in [0.25, 0.3) is 5.91 Å². The van der Waals surface area contributed by atoms with Crippen molar-refractivity contribution >= 4 is 33.2 Å². The number of hydrogen-bond donors (Lipinski definition) is 2. The number of nitrogens with zero attached hydrogens (tertiary/aromatic N) is 2. The number of benzene rings is 2. The van der Waals surface area contributed by atoms with Crippen molar-refractivity contribution in [1.29, 1.82) is 0 Å². The second kappa shape index (κ2) is 9.94. The fourth-order valence-corrected chi connectivity index (χ4v) is 4.22. The van der Waals surface area contributed by atoms with Crippen LogP contribution in [0.2, 0.25) is 5.02 Å². The number of aromatic nitrogens is 2. The normalized spacial score (nSPS) is 12.0. The van der Waals surface area contributed by atoms with Gasteiger partial charge in [-0.15, -0.1) is 0 Å². The quantitative estimate of drug-likeness (QED) is 0.431. The van der Waals surface area contributed by atoms with E-state index in [9.17, 15) is 26.4 Å². The third-order valence-electron chi connectivity index (χ3n) is 4.58. The molecule has 2 N–H and O–H groups in total. The minimum absolute atomic E-state index is 0.0192. The lowest BCUT2D eigenvalue weighted by molar-refractivity contribution is -0.143. The van der Waals surface area contributed by atoms with E-state index in [0.717, 1.165) is 12.6 Å². The van der Waals surface area contributed by atoms with E-state index in [2.05, 4.69) is 15.1 Å². The highest BCUT2D eigenvalue weighted by atomic mass is 35.5. The van der Waals surface area contributed by atoms with E-state index >= 15 is 0 Å². The van der Waals surface area contributed by atoms with Crippen LogP contribution < -0.4 is 10.0 Å². The molecular formula is C21H20ClF3N4O3S. The summed E-state index contributed by atoms with van der Waals surface area (Å²) in [5.41, 5.74) is -1.90. The van der Waals surface area contributed by atoms with Crippen molar-refractivity contribution < 1.29 is 26.4 Å². The molecule has 1 aromatic heterocycles. The van der Waals surface area contributed by atoms with Gasteiger partial charge < -0.3 is 5.32 Å². The van der Waals surface area contributed by atoms with Crippen molar-refractivity contribution in [2.24, 2.45) is 0 Å². The van der Waals surface area contributed by atoms with Crippen LogP contribution in [0.15, 0.2) is 59.6 Å². The second-order valence-electron chi connectivity index (χ2n) is 7.03. The average molecular weight is 501 g/mol. The third kappa shape index (κ3) is 5.92. The first-order valence-corrected chi connectivity index (χ1v) is 11.7. The molecule has 0 saturated heterocycles. The Morgan fingerprint density at radius 3 is 2.48 bits per heavy atom. The molecule has 2 aromatic carbocycles. The maximum Gasteiger partial charge on any atom is 0.434 e. The number of unbranched alkanes of at least 4 members (excludes halogenated alkanes) is 1. The van der Waals surface area contributed by atoms with Crippen LogP contribution in [0.4, 0.5) is 18.9 Å². The number of anilines is 1. The summed E-state index contributed by atoms with van der Waals surface area (Å²) in [5, 5.41) is 6.38. The van der Waals surface area contributed by atoms with Crippen molar-refractivity contribution in [3.05, 3.63) is 71.0 Å². The highest BCUT2D eigenvalue weighted by molar-refractivity contribution is 7.89. The van der Waals surface area contributed by atoms with E-state index in [4.69, 9.17) is 11.6 Å². The number of rotatable bonds is 8. The zero-order valence-corrected chi connectivity index (χ0v) is 18.9. The molecule has 1 amide bonds. The van der Waals surface area contributed by atoms with Crippen LogP contribution in [0.5, 0.6) is 0 Å².